The Hall–Kier alpha value is 4.60. The fraction of sp³-hybridized carbons (Fsp3) is 1.00. The molecule has 0 spiro atoms. The Labute approximate surface area is 219 Å². The van der Waals surface area contributed by atoms with Crippen molar-refractivity contribution in [2.75, 3.05) is 0 Å². The van der Waals surface area contributed by atoms with Crippen molar-refractivity contribution in [3.8, 4) is 0 Å². The molecule has 0 heterocycles. The van der Waals surface area contributed by atoms with Gasteiger partial charge in [-0.15, -0.1) is 0 Å². The van der Waals surface area contributed by atoms with Gasteiger partial charge in [0.05, 0.1) is 0 Å². The van der Waals surface area contributed by atoms with Gasteiger partial charge in [0.25, 0.3) is 0 Å². The van der Waals surface area contributed by atoms with Gasteiger partial charge in [-0.05, 0) is 6.42 Å². The molecular formula is C3H4Na4O12P4-4. The number of hydrogen-bond acceptors (Lipinski definition) is 12. The van der Waals surface area contributed by atoms with E-state index in [0.29, 0.717) is 0 Å². The minimum atomic E-state index is -6.28. The van der Waals surface area contributed by atoms with Crippen LogP contribution in [0.3, 0.4) is 0 Å². The third-order valence-electron chi connectivity index (χ3n) is 1.88. The summed E-state index contributed by atoms with van der Waals surface area (Å²) in [6.07, 6.45) is -2.23. The van der Waals surface area contributed by atoms with Crippen molar-refractivity contribution in [3.63, 3.8) is 0 Å². The van der Waals surface area contributed by atoms with Gasteiger partial charge in [-0.1, -0.05) is 30.4 Å². The van der Waals surface area contributed by atoms with E-state index in [1.54, 1.807) is 0 Å². The van der Waals surface area contributed by atoms with Crippen LogP contribution >= 0.6 is 30.4 Å². The van der Waals surface area contributed by atoms with Crippen LogP contribution in [-0.4, -0.2) is 10.8 Å². The number of rotatable bonds is 6. The molecule has 0 amide bonds. The molecule has 0 unspecified atom stereocenters. The molecule has 0 aromatic carbocycles. The molecule has 12 nitrogen and oxygen atoms in total. The van der Waals surface area contributed by atoms with Crippen LogP contribution in [0.15, 0.2) is 0 Å². The second-order valence-electron chi connectivity index (χ2n) is 3.36. The summed E-state index contributed by atoms with van der Waals surface area (Å²) in [4.78, 5) is 83.8. The molecule has 0 rings (SSSR count). The SMILES string of the molecule is O=P([O-])([O-])C(CC(P(=O)([O-])[O-])P(=O)([O-])[O-])P(=O)([O-])[O-].[Na+].[Na+].[Na+].[Na+]. The minimum absolute atomic E-state index is 0. The van der Waals surface area contributed by atoms with E-state index in [9.17, 15) is 57.4 Å². The van der Waals surface area contributed by atoms with Crippen LogP contribution in [0.2, 0.25) is 0 Å². The van der Waals surface area contributed by atoms with E-state index in [1.165, 1.54) is 0 Å². The largest absolute Gasteiger partial charge is 1.00 e. The Balaban J connectivity index is -0.000000270. The van der Waals surface area contributed by atoms with Crippen LogP contribution in [0.5, 0.6) is 0 Å². The van der Waals surface area contributed by atoms with Gasteiger partial charge in [0.2, 0.25) is 0 Å². The Morgan fingerprint density at radius 2 is 0.609 bits per heavy atom. The molecule has 0 aliphatic rings. The van der Waals surface area contributed by atoms with Crippen LogP contribution in [0, 0.1) is 0 Å². The maximum absolute atomic E-state index is 10.5. The summed E-state index contributed by atoms with van der Waals surface area (Å²) in [5.41, 5.74) is 0. The number of hydrogen-bond donors (Lipinski definition) is 0. The molecule has 0 saturated heterocycles. The van der Waals surface area contributed by atoms with E-state index in [0.717, 1.165) is 0 Å². The Bertz CT molecular complexity index is 424. The van der Waals surface area contributed by atoms with Gasteiger partial charge in [-0.3, -0.25) is 0 Å². The van der Waals surface area contributed by atoms with Gasteiger partial charge in [0.15, 0.2) is 0 Å². The normalized spacial score (nSPS) is 12.6. The summed E-state index contributed by atoms with van der Waals surface area (Å²) in [5.74, 6) is 0. The predicted molar refractivity (Wildman–Crippen MR) is 42.6 cm³/mol. The van der Waals surface area contributed by atoms with E-state index in [2.05, 4.69) is 0 Å². The maximum Gasteiger partial charge on any atom is 1.00 e. The van der Waals surface area contributed by atoms with Gasteiger partial charge in [-0.2, -0.15) is 0 Å². The van der Waals surface area contributed by atoms with Crippen molar-refractivity contribution in [3.05, 3.63) is 0 Å². The first-order valence-electron chi connectivity index (χ1n) is 4.04. The molecule has 0 aromatic rings. The molecule has 20 heteroatoms. The van der Waals surface area contributed by atoms with Gasteiger partial charge in [0, 0.05) is 10.8 Å². The topological polar surface area (TPSA) is 253 Å². The van der Waals surface area contributed by atoms with Crippen molar-refractivity contribution in [2.45, 2.75) is 17.2 Å². The summed E-state index contributed by atoms with van der Waals surface area (Å²) in [6, 6.07) is 0. The molecule has 116 valence electrons. The quantitative estimate of drug-likeness (QED) is 0.271. The van der Waals surface area contributed by atoms with E-state index in [1.807, 2.05) is 0 Å². The van der Waals surface area contributed by atoms with Gasteiger partial charge < -0.3 is 57.4 Å². The molecule has 0 N–H and O–H groups in total. The molecule has 0 saturated carbocycles. The fourth-order valence-electron chi connectivity index (χ4n) is 1.05. The minimum Gasteiger partial charge on any atom is -0.810 e. The van der Waals surface area contributed by atoms with E-state index < -0.39 is 47.6 Å². The van der Waals surface area contributed by atoms with Crippen LogP contribution < -0.4 is 157 Å². The zero-order valence-corrected chi connectivity index (χ0v) is 24.1. The molecular weight excluding hydrogens is 444 g/mol. The zero-order valence-electron chi connectivity index (χ0n) is 12.5. The molecule has 0 atom stereocenters. The van der Waals surface area contributed by atoms with Crippen LogP contribution in [0.4, 0.5) is 0 Å². The second kappa shape index (κ2) is 13.8. The first-order chi connectivity index (χ1) is 7.97. The van der Waals surface area contributed by atoms with Crippen LogP contribution in [0.25, 0.3) is 0 Å². The first kappa shape index (κ1) is 38.2. The van der Waals surface area contributed by atoms with Crippen molar-refractivity contribution in [2.24, 2.45) is 0 Å². The molecule has 0 aliphatic heterocycles. The molecule has 0 bridgehead atoms. The Kier molecular flexibility index (Phi) is 22.9. The average Bonchev–Trinajstić information content (AvgIpc) is 1.91. The molecule has 0 radical (unpaired) electrons. The third kappa shape index (κ3) is 15.1. The van der Waals surface area contributed by atoms with Crippen LogP contribution in [0.1, 0.15) is 6.42 Å². The van der Waals surface area contributed by atoms with Gasteiger partial charge in [0.1, 0.15) is 0 Å². The van der Waals surface area contributed by atoms with Crippen molar-refractivity contribution in [1.29, 1.82) is 0 Å². The van der Waals surface area contributed by atoms with Crippen molar-refractivity contribution in [1.82, 2.24) is 0 Å². The molecule has 0 aromatic heterocycles. The van der Waals surface area contributed by atoms with Crippen molar-refractivity contribution >= 4 is 30.4 Å². The first-order valence-corrected chi connectivity index (χ1v) is 10.5. The van der Waals surface area contributed by atoms with E-state index >= 15 is 0 Å². The smallest absolute Gasteiger partial charge is 0.810 e. The van der Waals surface area contributed by atoms with Gasteiger partial charge >= 0.3 is 118 Å². The zero-order chi connectivity index (χ0) is 15.9. The summed E-state index contributed by atoms with van der Waals surface area (Å²) in [7, 11) is -25.1. The Morgan fingerprint density at radius 1 is 0.478 bits per heavy atom. The maximum atomic E-state index is 10.5. The van der Waals surface area contributed by atoms with E-state index in [-0.39, 0.29) is 118 Å². The van der Waals surface area contributed by atoms with E-state index in [4.69, 9.17) is 0 Å². The molecule has 0 aliphatic carbocycles. The van der Waals surface area contributed by atoms with Gasteiger partial charge in [-0.25, -0.2) is 0 Å². The standard InChI is InChI=1S/C3H12O12P4.4Na/c4-16(5,6)2(17(7,8)9)1-3(18(10,11)12)19(13,14)15;;;;/h2-3H,1H2,(H2,4,5,6)(H2,7,8,9)(H2,10,11,12)(H2,13,14,15);;;;/q;4*+1/p-8. The average molecular weight is 448 g/mol. The molecule has 23 heavy (non-hydrogen) atoms. The summed E-state index contributed by atoms with van der Waals surface area (Å²) in [5, 5.41) is -7.03. The monoisotopic (exact) mass is 448 g/mol. The Morgan fingerprint density at radius 3 is 0.696 bits per heavy atom. The summed E-state index contributed by atoms with van der Waals surface area (Å²) < 4.78 is 41.9. The predicted octanol–water partition coefficient (Wildman–Crippen LogP) is -18.3. The fourth-order valence-corrected chi connectivity index (χ4v) is 6.36. The summed E-state index contributed by atoms with van der Waals surface area (Å²) >= 11 is 0. The van der Waals surface area contributed by atoms with Crippen LogP contribution in [-0.2, 0) is 18.3 Å². The third-order valence-corrected chi connectivity index (χ3v) is 9.04. The summed E-state index contributed by atoms with van der Waals surface area (Å²) in [6.45, 7) is 0. The second-order valence-corrected chi connectivity index (χ2v) is 11.0. The van der Waals surface area contributed by atoms with Crippen molar-refractivity contribution < 1.29 is 176 Å². The molecule has 0 fully saturated rings.